The van der Waals surface area contributed by atoms with E-state index in [0.717, 1.165) is 31.5 Å². The summed E-state index contributed by atoms with van der Waals surface area (Å²) in [4.78, 5) is 14.8. The summed E-state index contributed by atoms with van der Waals surface area (Å²) in [7, 11) is 2.16. The first-order valence-corrected chi connectivity index (χ1v) is 12.3. The highest BCUT2D eigenvalue weighted by Gasteiger charge is 2.35. The van der Waals surface area contributed by atoms with Gasteiger partial charge >= 0.3 is 0 Å². The van der Waals surface area contributed by atoms with E-state index in [1.54, 1.807) is 0 Å². The molecule has 1 aliphatic rings. The van der Waals surface area contributed by atoms with Gasteiger partial charge < -0.3 is 10.2 Å². The summed E-state index contributed by atoms with van der Waals surface area (Å²) in [5.41, 5.74) is 2.10. The van der Waals surface area contributed by atoms with Gasteiger partial charge in [-0.2, -0.15) is 0 Å². The molecule has 1 saturated heterocycles. The van der Waals surface area contributed by atoms with Crippen molar-refractivity contribution in [2.24, 2.45) is 0 Å². The number of hydrogen-bond donors (Lipinski definition) is 1. The molecule has 0 unspecified atom stereocenters. The molecule has 176 valence electrons. The van der Waals surface area contributed by atoms with Gasteiger partial charge in [-0.3, -0.25) is 4.79 Å². The number of carbonyl (C=O) groups is 1. The average molecular weight is 429 g/mol. The quantitative estimate of drug-likeness (QED) is 0.559. The summed E-state index contributed by atoms with van der Waals surface area (Å²) in [6.45, 7) is 18.8. The van der Waals surface area contributed by atoms with Crippen LogP contribution in [-0.4, -0.2) is 37.5 Å². The molecular formula is C28H48N2O. The number of carbonyl (C=O) groups excluding carboxylic acids is 1. The van der Waals surface area contributed by atoms with Crippen molar-refractivity contribution in [3.8, 4) is 0 Å². The molecule has 1 N–H and O–H groups in total. The Labute approximate surface area is 193 Å². The van der Waals surface area contributed by atoms with E-state index < -0.39 is 0 Å². The van der Waals surface area contributed by atoms with E-state index in [4.69, 9.17) is 0 Å². The van der Waals surface area contributed by atoms with E-state index in [1.807, 2.05) is 85.7 Å². The molecule has 3 heteroatoms. The van der Waals surface area contributed by atoms with Gasteiger partial charge in [-0.25, -0.2) is 0 Å². The maximum atomic E-state index is 12.4. The minimum Gasteiger partial charge on any atom is -0.351 e. The molecule has 3 rings (SSSR count). The third-order valence-corrected chi connectivity index (χ3v) is 4.95. The molecule has 0 radical (unpaired) electrons. The summed E-state index contributed by atoms with van der Waals surface area (Å²) in [6.07, 6.45) is 2.14. The number of benzene rings is 2. The van der Waals surface area contributed by atoms with Crippen molar-refractivity contribution in [3.05, 3.63) is 71.8 Å². The van der Waals surface area contributed by atoms with E-state index in [0.29, 0.717) is 6.54 Å². The van der Waals surface area contributed by atoms with Crippen LogP contribution in [0.25, 0.3) is 0 Å². The lowest BCUT2D eigenvalue weighted by molar-refractivity contribution is 0.0928. The highest BCUT2D eigenvalue weighted by molar-refractivity contribution is 5.94. The number of nitrogens with zero attached hydrogens (tertiary/aromatic N) is 1. The Hall–Kier alpha value is -2.13. The molecule has 0 saturated carbocycles. The molecule has 1 aliphatic heterocycles. The summed E-state index contributed by atoms with van der Waals surface area (Å²) in [5, 5.41) is 3.17. The fourth-order valence-electron chi connectivity index (χ4n) is 3.35. The fourth-order valence-corrected chi connectivity index (χ4v) is 3.35. The van der Waals surface area contributed by atoms with Gasteiger partial charge in [0.2, 0.25) is 0 Å². The first-order valence-electron chi connectivity index (χ1n) is 12.3. The third-order valence-electron chi connectivity index (χ3n) is 4.95. The van der Waals surface area contributed by atoms with Crippen LogP contribution in [0.3, 0.4) is 0 Å². The molecular weight excluding hydrogens is 380 g/mol. The number of amides is 1. The van der Waals surface area contributed by atoms with Gasteiger partial charge in [-0.15, -0.1) is 0 Å². The molecule has 0 aliphatic carbocycles. The number of nitrogens with one attached hydrogen (secondary N) is 1. The Balaban J connectivity index is 0. The van der Waals surface area contributed by atoms with Gasteiger partial charge in [0, 0.05) is 17.5 Å². The number of rotatable bonds is 4. The minimum atomic E-state index is 0.0137. The lowest BCUT2D eigenvalue weighted by atomic mass is 9.72. The maximum Gasteiger partial charge on any atom is 0.251 e. The van der Waals surface area contributed by atoms with Gasteiger partial charge in [0.15, 0.2) is 0 Å². The largest absolute Gasteiger partial charge is 0.351 e. The highest BCUT2D eigenvalue weighted by atomic mass is 16.1. The molecule has 0 spiro atoms. The standard InChI is InChI=1S/C20H24N2O.4C2H6/c1-22-14-12-20(13-15-22,18-10-6-3-7-11-18)16-21-19(23)17-8-4-2-5-9-17;4*1-2/h2-11H,12-16H2,1H3,(H,21,23);4*1-2H3. The van der Waals surface area contributed by atoms with Crippen LogP contribution in [0.4, 0.5) is 0 Å². The van der Waals surface area contributed by atoms with Crippen molar-refractivity contribution in [1.82, 2.24) is 10.2 Å². The Morgan fingerprint density at radius 2 is 1.19 bits per heavy atom. The smallest absolute Gasteiger partial charge is 0.251 e. The first kappa shape index (κ1) is 31.1. The van der Waals surface area contributed by atoms with Crippen molar-refractivity contribution >= 4 is 5.91 Å². The molecule has 3 nitrogen and oxygen atoms in total. The molecule has 1 fully saturated rings. The second-order valence-corrected chi connectivity index (χ2v) is 6.50. The minimum absolute atomic E-state index is 0.0137. The zero-order chi connectivity index (χ0) is 24.1. The van der Waals surface area contributed by atoms with Crippen LogP contribution >= 0.6 is 0 Å². The summed E-state index contributed by atoms with van der Waals surface area (Å²) in [5.74, 6) is 0.0137. The van der Waals surface area contributed by atoms with Gasteiger partial charge in [0.05, 0.1) is 0 Å². The first-order chi connectivity index (χ1) is 15.2. The average Bonchev–Trinajstić information content (AvgIpc) is 2.89. The highest BCUT2D eigenvalue weighted by Crippen LogP contribution is 2.34. The molecule has 2 aromatic carbocycles. The van der Waals surface area contributed by atoms with Crippen LogP contribution in [0.15, 0.2) is 60.7 Å². The number of likely N-dealkylation sites (tertiary alicyclic amines) is 1. The molecule has 1 amide bonds. The topological polar surface area (TPSA) is 32.3 Å². The van der Waals surface area contributed by atoms with E-state index in [1.165, 1.54) is 5.56 Å². The van der Waals surface area contributed by atoms with E-state index in [9.17, 15) is 4.79 Å². The van der Waals surface area contributed by atoms with Crippen molar-refractivity contribution in [3.63, 3.8) is 0 Å². The zero-order valence-electron chi connectivity index (χ0n) is 21.7. The van der Waals surface area contributed by atoms with Gasteiger partial charge in [0.1, 0.15) is 0 Å². The third kappa shape index (κ3) is 10.6. The van der Waals surface area contributed by atoms with Crippen molar-refractivity contribution < 1.29 is 4.79 Å². The van der Waals surface area contributed by atoms with Gasteiger partial charge in [0.25, 0.3) is 5.91 Å². The van der Waals surface area contributed by atoms with E-state index >= 15 is 0 Å². The predicted octanol–water partition coefficient (Wildman–Crippen LogP) is 7.18. The number of piperidine rings is 1. The van der Waals surface area contributed by atoms with Crippen LogP contribution in [0.2, 0.25) is 0 Å². The summed E-state index contributed by atoms with van der Waals surface area (Å²) < 4.78 is 0. The Morgan fingerprint density at radius 1 is 0.774 bits per heavy atom. The van der Waals surface area contributed by atoms with Crippen LogP contribution in [0.1, 0.15) is 84.2 Å². The van der Waals surface area contributed by atoms with Crippen LogP contribution in [0.5, 0.6) is 0 Å². The lowest BCUT2D eigenvalue weighted by Crippen LogP contribution is -2.48. The van der Waals surface area contributed by atoms with Gasteiger partial charge in [-0.1, -0.05) is 104 Å². The number of hydrogen-bond acceptors (Lipinski definition) is 2. The second-order valence-electron chi connectivity index (χ2n) is 6.50. The summed E-state index contributed by atoms with van der Waals surface area (Å²) in [6, 6.07) is 20.1. The van der Waals surface area contributed by atoms with Crippen LogP contribution in [-0.2, 0) is 5.41 Å². The maximum absolute atomic E-state index is 12.4. The molecule has 2 aromatic rings. The lowest BCUT2D eigenvalue weighted by Gasteiger charge is -2.41. The monoisotopic (exact) mass is 428 g/mol. The SMILES string of the molecule is CC.CC.CC.CC.CN1CCC(CNC(=O)c2ccccc2)(c2ccccc2)CC1. The Bertz CT molecular complexity index is 633. The van der Waals surface area contributed by atoms with Crippen molar-refractivity contribution in [2.75, 3.05) is 26.7 Å². The van der Waals surface area contributed by atoms with Crippen LogP contribution < -0.4 is 5.32 Å². The van der Waals surface area contributed by atoms with E-state index in [2.05, 4.69) is 47.6 Å². The normalized spacial score (nSPS) is 13.8. The van der Waals surface area contributed by atoms with E-state index in [-0.39, 0.29) is 11.3 Å². The van der Waals surface area contributed by atoms with Crippen LogP contribution in [0, 0.1) is 0 Å². The second kappa shape index (κ2) is 19.8. The predicted molar refractivity (Wildman–Crippen MR) is 139 cm³/mol. The molecule has 31 heavy (non-hydrogen) atoms. The van der Waals surface area contributed by atoms with Crippen molar-refractivity contribution in [1.29, 1.82) is 0 Å². The van der Waals surface area contributed by atoms with Crippen molar-refractivity contribution in [2.45, 2.75) is 73.6 Å². The molecule has 1 heterocycles. The van der Waals surface area contributed by atoms with Gasteiger partial charge in [-0.05, 0) is 50.7 Å². The molecule has 0 aromatic heterocycles. The fraction of sp³-hybridized carbons (Fsp3) is 0.536. The molecule has 0 atom stereocenters. The Kier molecular flexibility index (Phi) is 19.8. The zero-order valence-corrected chi connectivity index (χ0v) is 21.7. The Morgan fingerprint density at radius 3 is 1.65 bits per heavy atom. The molecule has 0 bridgehead atoms. The summed E-state index contributed by atoms with van der Waals surface area (Å²) >= 11 is 0.